The highest BCUT2D eigenvalue weighted by Gasteiger charge is 2.30. The second kappa shape index (κ2) is 66.3. The zero-order valence-corrected chi connectivity index (χ0v) is 61.5. The second-order valence-corrected chi connectivity index (χ2v) is 29.7. The Morgan fingerprint density at radius 1 is 0.293 bits per heavy atom. The summed E-state index contributed by atoms with van der Waals surface area (Å²) in [6.07, 6.45) is 54.1. The summed E-state index contributed by atoms with van der Waals surface area (Å²) in [6, 6.07) is 0. The van der Waals surface area contributed by atoms with Gasteiger partial charge in [-0.15, -0.1) is 0 Å². The van der Waals surface area contributed by atoms with Crippen LogP contribution in [0.5, 0.6) is 0 Å². The van der Waals surface area contributed by atoms with Crippen molar-refractivity contribution in [2.45, 2.75) is 400 Å². The maximum Gasteiger partial charge on any atom is 0.472 e. The quantitative estimate of drug-likeness (QED) is 0.0222. The van der Waals surface area contributed by atoms with E-state index in [0.29, 0.717) is 25.7 Å². The predicted octanol–water partition coefficient (Wildman–Crippen LogP) is 21.3. The van der Waals surface area contributed by atoms with E-state index in [9.17, 15) is 43.2 Å². The minimum absolute atomic E-state index is 0.107. The van der Waals surface area contributed by atoms with E-state index in [0.717, 1.165) is 95.8 Å². The summed E-state index contributed by atoms with van der Waals surface area (Å²) in [4.78, 5) is 72.5. The third kappa shape index (κ3) is 66.7. The van der Waals surface area contributed by atoms with Crippen LogP contribution < -0.4 is 0 Å². The molecule has 0 aromatic rings. The molecule has 0 saturated heterocycles. The Kier molecular flexibility index (Phi) is 64.9. The molecular formula is C73H142O17P2. The molecule has 0 aliphatic rings. The molecule has 2 unspecified atom stereocenters. The molecular weight excluding hydrogens is 1210 g/mol. The first-order chi connectivity index (χ1) is 44.5. The lowest BCUT2D eigenvalue weighted by molar-refractivity contribution is -0.161. The van der Waals surface area contributed by atoms with Gasteiger partial charge in [0.25, 0.3) is 0 Å². The molecule has 0 rings (SSSR count). The van der Waals surface area contributed by atoms with Crippen LogP contribution in [-0.2, 0) is 65.4 Å². The fourth-order valence-electron chi connectivity index (χ4n) is 11.2. The number of phosphoric ester groups is 2. The van der Waals surface area contributed by atoms with Gasteiger partial charge < -0.3 is 33.8 Å². The van der Waals surface area contributed by atoms with E-state index >= 15 is 0 Å². The van der Waals surface area contributed by atoms with E-state index in [1.165, 1.54) is 205 Å². The number of ether oxygens (including phenoxy) is 4. The van der Waals surface area contributed by atoms with Crippen LogP contribution in [0.3, 0.4) is 0 Å². The Balaban J connectivity index is 5.16. The van der Waals surface area contributed by atoms with Crippen molar-refractivity contribution >= 4 is 39.5 Å². The van der Waals surface area contributed by atoms with E-state index in [1.54, 1.807) is 0 Å². The number of esters is 4. The molecule has 3 N–H and O–H groups in total. The van der Waals surface area contributed by atoms with Gasteiger partial charge in [0.05, 0.1) is 26.4 Å². The smallest absolute Gasteiger partial charge is 0.462 e. The number of rotatable bonds is 73. The van der Waals surface area contributed by atoms with Crippen molar-refractivity contribution in [3.63, 3.8) is 0 Å². The van der Waals surface area contributed by atoms with Gasteiger partial charge >= 0.3 is 39.5 Å². The van der Waals surface area contributed by atoms with Crippen LogP contribution >= 0.6 is 15.6 Å². The molecule has 0 fully saturated rings. The monoisotopic (exact) mass is 1350 g/mol. The Morgan fingerprint density at radius 3 is 0.739 bits per heavy atom. The van der Waals surface area contributed by atoms with Crippen molar-refractivity contribution in [2.24, 2.45) is 5.92 Å². The number of hydrogen-bond donors (Lipinski definition) is 3. The average molecular weight is 1350 g/mol. The maximum atomic E-state index is 13.0. The summed E-state index contributed by atoms with van der Waals surface area (Å²) in [5.74, 6) is -1.30. The second-order valence-electron chi connectivity index (χ2n) is 26.8. The summed E-state index contributed by atoms with van der Waals surface area (Å²) >= 11 is 0. The molecule has 0 amide bonds. The van der Waals surface area contributed by atoms with Crippen molar-refractivity contribution in [3.8, 4) is 0 Å². The molecule has 17 nitrogen and oxygen atoms in total. The van der Waals surface area contributed by atoms with Gasteiger partial charge in [0, 0.05) is 25.7 Å². The van der Waals surface area contributed by atoms with Crippen LogP contribution in [0.1, 0.15) is 381 Å². The molecule has 546 valence electrons. The maximum absolute atomic E-state index is 13.0. The van der Waals surface area contributed by atoms with E-state index < -0.39 is 97.5 Å². The summed E-state index contributed by atoms with van der Waals surface area (Å²) in [7, 11) is -9.90. The molecule has 0 spiro atoms. The van der Waals surface area contributed by atoms with Gasteiger partial charge in [-0.05, 0) is 31.6 Å². The number of phosphoric acid groups is 2. The van der Waals surface area contributed by atoms with Crippen molar-refractivity contribution < 1.29 is 80.2 Å². The van der Waals surface area contributed by atoms with Crippen LogP contribution in [0.2, 0.25) is 0 Å². The minimum atomic E-state index is -4.95. The van der Waals surface area contributed by atoms with E-state index in [1.807, 2.05) is 0 Å². The van der Waals surface area contributed by atoms with Crippen LogP contribution in [0.15, 0.2) is 0 Å². The highest BCUT2D eigenvalue weighted by atomic mass is 31.2. The lowest BCUT2D eigenvalue weighted by Gasteiger charge is -2.21. The van der Waals surface area contributed by atoms with Crippen LogP contribution in [0.25, 0.3) is 0 Å². The Hall–Kier alpha value is -1.94. The van der Waals surface area contributed by atoms with E-state index in [-0.39, 0.29) is 25.7 Å². The topological polar surface area (TPSA) is 237 Å². The number of unbranched alkanes of at least 4 members (excludes halogenated alkanes) is 45. The number of carbonyl (C=O) groups excluding carboxylic acids is 4. The SMILES string of the molecule is CCCCCCCCCCCCCC(=O)OC[C@H](COP(=O)(O)OC[C@@H](O)COP(=O)(O)OC[C@@H](COC(=O)CCCCCCCCCCC)OC(=O)CCCCCCCCCCCCC)OC(=O)CCCCCCCCCCCCCCCCCCCCC(C)C. The van der Waals surface area contributed by atoms with Crippen LogP contribution in [0.4, 0.5) is 0 Å². The minimum Gasteiger partial charge on any atom is -0.462 e. The van der Waals surface area contributed by atoms with E-state index in [2.05, 4.69) is 34.6 Å². The Morgan fingerprint density at radius 2 is 0.500 bits per heavy atom. The summed E-state index contributed by atoms with van der Waals surface area (Å²) < 4.78 is 68.3. The molecule has 0 saturated carbocycles. The predicted molar refractivity (Wildman–Crippen MR) is 372 cm³/mol. The normalized spacial score (nSPS) is 14.0. The molecule has 0 bridgehead atoms. The first-order valence-electron chi connectivity index (χ1n) is 38.1. The summed E-state index contributed by atoms with van der Waals surface area (Å²) in [5, 5.41) is 10.6. The van der Waals surface area contributed by atoms with Gasteiger partial charge in [-0.25, -0.2) is 9.13 Å². The average Bonchev–Trinajstić information content (AvgIpc) is 2.39. The molecule has 0 aromatic carbocycles. The zero-order chi connectivity index (χ0) is 67.7. The third-order valence-electron chi connectivity index (χ3n) is 17.0. The van der Waals surface area contributed by atoms with Crippen molar-refractivity contribution in [3.05, 3.63) is 0 Å². The fourth-order valence-corrected chi connectivity index (χ4v) is 12.8. The van der Waals surface area contributed by atoms with Crippen LogP contribution in [-0.4, -0.2) is 96.7 Å². The third-order valence-corrected chi connectivity index (χ3v) is 18.9. The first-order valence-corrected chi connectivity index (χ1v) is 41.1. The molecule has 92 heavy (non-hydrogen) atoms. The lowest BCUT2D eigenvalue weighted by atomic mass is 10.0. The molecule has 5 atom stereocenters. The van der Waals surface area contributed by atoms with Gasteiger partial charge in [0.2, 0.25) is 0 Å². The van der Waals surface area contributed by atoms with Gasteiger partial charge in [0.15, 0.2) is 12.2 Å². The number of hydrogen-bond acceptors (Lipinski definition) is 15. The zero-order valence-electron chi connectivity index (χ0n) is 59.7. The first kappa shape index (κ1) is 90.1. The van der Waals surface area contributed by atoms with Gasteiger partial charge in [-0.3, -0.25) is 37.3 Å². The molecule has 0 aromatic heterocycles. The highest BCUT2D eigenvalue weighted by Crippen LogP contribution is 2.45. The van der Waals surface area contributed by atoms with Gasteiger partial charge in [0.1, 0.15) is 19.3 Å². The van der Waals surface area contributed by atoms with Crippen molar-refractivity contribution in [1.29, 1.82) is 0 Å². The number of aliphatic hydroxyl groups is 1. The molecule has 0 aliphatic carbocycles. The lowest BCUT2D eigenvalue weighted by Crippen LogP contribution is -2.30. The number of carbonyl (C=O) groups is 4. The molecule has 0 radical (unpaired) electrons. The Bertz CT molecular complexity index is 1770. The van der Waals surface area contributed by atoms with Crippen molar-refractivity contribution in [2.75, 3.05) is 39.6 Å². The molecule has 0 aliphatic heterocycles. The summed E-state index contributed by atoms with van der Waals surface area (Å²) in [6.45, 7) is 7.28. The highest BCUT2D eigenvalue weighted by molar-refractivity contribution is 7.47. The van der Waals surface area contributed by atoms with E-state index in [4.69, 9.17) is 37.0 Å². The van der Waals surface area contributed by atoms with Gasteiger partial charge in [-0.2, -0.15) is 0 Å². The summed E-state index contributed by atoms with van der Waals surface area (Å²) in [5.41, 5.74) is 0. The van der Waals surface area contributed by atoms with Crippen molar-refractivity contribution in [1.82, 2.24) is 0 Å². The largest absolute Gasteiger partial charge is 0.472 e. The standard InChI is InChI=1S/C73H142O17P2/c1-6-9-12-15-18-21-31-37-42-47-52-57-71(76)84-63-69(90-73(78)59-54-49-44-39-34-30-28-26-24-23-25-27-29-33-36-40-45-50-55-66(4)5)65-88-92(81,82)86-61-67(74)60-85-91(79,80)87-64-68(62-83-70(75)56-51-46-41-35-20-17-14-11-8-3)89-72(77)58-53-48-43-38-32-22-19-16-13-10-7-2/h66-69,74H,6-65H2,1-5H3,(H,79,80)(H,81,82)/t67-,68+,69+/m0/s1. The van der Waals surface area contributed by atoms with Gasteiger partial charge in [-0.1, -0.05) is 330 Å². The molecule has 19 heteroatoms. The van der Waals surface area contributed by atoms with Crippen LogP contribution in [0, 0.1) is 5.92 Å². The Labute approximate surface area is 562 Å². The fraction of sp³-hybridized carbons (Fsp3) is 0.945. The molecule has 0 heterocycles. The number of aliphatic hydroxyl groups excluding tert-OH is 1.